The molecule has 134 valence electrons. The molecule has 1 fully saturated rings. The highest BCUT2D eigenvalue weighted by Gasteiger charge is 2.21. The highest BCUT2D eigenvalue weighted by Crippen LogP contribution is 2.29. The first-order valence-corrected chi connectivity index (χ1v) is 10.2. The number of phenolic OH excluding ortho intramolecular Hbond substituents is 1. The van der Waals surface area contributed by atoms with Gasteiger partial charge in [-0.1, -0.05) is 40.2 Å². The Balaban J connectivity index is 1.79. The highest BCUT2D eigenvalue weighted by molar-refractivity contribution is 9.10. The van der Waals surface area contributed by atoms with Gasteiger partial charge in [0.1, 0.15) is 5.75 Å². The van der Waals surface area contributed by atoms with E-state index in [0.29, 0.717) is 6.10 Å². The molecule has 0 amide bonds. The van der Waals surface area contributed by atoms with E-state index in [-0.39, 0.29) is 5.75 Å². The summed E-state index contributed by atoms with van der Waals surface area (Å²) in [6.07, 6.45) is 2.55. The Morgan fingerprint density at radius 2 is 1.96 bits per heavy atom. The zero-order valence-corrected chi connectivity index (χ0v) is 17.5. The molecule has 1 N–H and O–H groups in total. The van der Waals surface area contributed by atoms with Crippen molar-refractivity contribution in [2.75, 3.05) is 13.2 Å². The Morgan fingerprint density at radius 1 is 1.16 bits per heavy atom. The first-order valence-electron chi connectivity index (χ1n) is 8.58. The van der Waals surface area contributed by atoms with Crippen LogP contribution < -0.4 is 0 Å². The normalized spacial score (nSPS) is 17.4. The number of aromatic hydroxyl groups is 1. The van der Waals surface area contributed by atoms with E-state index in [1.165, 1.54) is 11.1 Å². The lowest BCUT2D eigenvalue weighted by Crippen LogP contribution is -2.31. The van der Waals surface area contributed by atoms with Crippen LogP contribution in [0, 0.1) is 6.92 Å². The van der Waals surface area contributed by atoms with Crippen molar-refractivity contribution in [2.45, 2.75) is 39.0 Å². The maximum Gasteiger partial charge on any atom is 0.130 e. The van der Waals surface area contributed by atoms with Gasteiger partial charge in [-0.25, -0.2) is 0 Å². The molecule has 1 heterocycles. The van der Waals surface area contributed by atoms with Gasteiger partial charge in [0.2, 0.25) is 0 Å². The van der Waals surface area contributed by atoms with Gasteiger partial charge in [0.15, 0.2) is 0 Å². The van der Waals surface area contributed by atoms with Crippen molar-refractivity contribution < 1.29 is 9.84 Å². The van der Waals surface area contributed by atoms with Crippen LogP contribution >= 0.6 is 31.9 Å². The van der Waals surface area contributed by atoms with Gasteiger partial charge in [-0.15, -0.1) is 0 Å². The molecule has 2 aromatic rings. The molecule has 1 unspecified atom stereocenters. The molecule has 0 bridgehead atoms. The maximum atomic E-state index is 9.96. The Bertz CT molecular complexity index is 730. The summed E-state index contributed by atoms with van der Waals surface area (Å²) in [4.78, 5) is 2.39. The zero-order chi connectivity index (χ0) is 17.8. The average Bonchev–Trinajstić information content (AvgIpc) is 3.07. The molecule has 2 aromatic carbocycles. The van der Waals surface area contributed by atoms with Gasteiger partial charge in [0.05, 0.1) is 10.6 Å². The van der Waals surface area contributed by atoms with Gasteiger partial charge in [0.25, 0.3) is 0 Å². The molecule has 3 rings (SSSR count). The summed E-state index contributed by atoms with van der Waals surface area (Å²) in [6.45, 7) is 5.45. The summed E-state index contributed by atoms with van der Waals surface area (Å²) in [6, 6.07) is 12.1. The fourth-order valence-electron chi connectivity index (χ4n) is 3.21. The zero-order valence-electron chi connectivity index (χ0n) is 14.3. The molecule has 1 atom stereocenters. The lowest BCUT2D eigenvalue weighted by molar-refractivity contribution is 0.0677. The topological polar surface area (TPSA) is 32.7 Å². The van der Waals surface area contributed by atoms with Crippen LogP contribution in [0.2, 0.25) is 0 Å². The second kappa shape index (κ2) is 8.67. The predicted molar refractivity (Wildman–Crippen MR) is 108 cm³/mol. The number of phenols is 1. The minimum absolute atomic E-state index is 0.283. The van der Waals surface area contributed by atoms with Crippen molar-refractivity contribution in [2.24, 2.45) is 0 Å². The summed E-state index contributed by atoms with van der Waals surface area (Å²) in [5.41, 5.74) is 3.60. The average molecular weight is 469 g/mol. The minimum atomic E-state index is 0.283. The second-order valence-electron chi connectivity index (χ2n) is 6.65. The van der Waals surface area contributed by atoms with Crippen LogP contribution in [-0.2, 0) is 17.8 Å². The van der Waals surface area contributed by atoms with E-state index in [1.54, 1.807) is 6.07 Å². The molecule has 1 aliphatic heterocycles. The third kappa shape index (κ3) is 5.07. The van der Waals surface area contributed by atoms with E-state index in [1.807, 2.05) is 6.07 Å². The molecule has 0 aromatic heterocycles. The Kier molecular flexibility index (Phi) is 6.55. The number of ether oxygens (including phenoxy) is 1. The van der Waals surface area contributed by atoms with Crippen molar-refractivity contribution in [1.29, 1.82) is 0 Å². The van der Waals surface area contributed by atoms with Crippen LogP contribution in [0.1, 0.15) is 29.5 Å². The number of hydrogen-bond donors (Lipinski definition) is 1. The van der Waals surface area contributed by atoms with Crippen LogP contribution in [0.5, 0.6) is 5.75 Å². The monoisotopic (exact) mass is 467 g/mol. The third-order valence-electron chi connectivity index (χ3n) is 4.54. The van der Waals surface area contributed by atoms with Crippen LogP contribution in [-0.4, -0.2) is 29.3 Å². The standard InChI is InChI=1S/C20H23Br2NO2/c1-14-7-8-15(18(21)10-14)11-23(13-17-5-3-9-25-17)12-16-4-2-6-19(24)20(16)22/h2,4,6-8,10,17,24H,3,5,9,11-13H2,1H3. The molecule has 5 heteroatoms. The van der Waals surface area contributed by atoms with E-state index in [9.17, 15) is 5.11 Å². The highest BCUT2D eigenvalue weighted by atomic mass is 79.9. The lowest BCUT2D eigenvalue weighted by Gasteiger charge is -2.26. The van der Waals surface area contributed by atoms with E-state index < -0.39 is 0 Å². The molecule has 0 radical (unpaired) electrons. The van der Waals surface area contributed by atoms with Crippen molar-refractivity contribution in [3.05, 3.63) is 62.0 Å². The van der Waals surface area contributed by atoms with Gasteiger partial charge in [0, 0.05) is 30.7 Å². The minimum Gasteiger partial charge on any atom is -0.507 e. The number of aryl methyl sites for hydroxylation is 1. The summed E-state index contributed by atoms with van der Waals surface area (Å²) < 4.78 is 7.76. The summed E-state index contributed by atoms with van der Waals surface area (Å²) in [5, 5.41) is 9.96. The Hall–Kier alpha value is -0.880. The SMILES string of the molecule is Cc1ccc(CN(Cc2cccc(O)c2Br)CC2CCCO2)c(Br)c1. The molecule has 1 aliphatic rings. The Morgan fingerprint density at radius 3 is 2.68 bits per heavy atom. The first-order chi connectivity index (χ1) is 12.0. The van der Waals surface area contributed by atoms with E-state index in [0.717, 1.165) is 53.6 Å². The fraction of sp³-hybridized carbons (Fsp3) is 0.400. The molecule has 1 saturated heterocycles. The van der Waals surface area contributed by atoms with Crippen molar-refractivity contribution >= 4 is 31.9 Å². The molecule has 0 spiro atoms. The molecule has 0 saturated carbocycles. The lowest BCUT2D eigenvalue weighted by atomic mass is 10.1. The molecular weight excluding hydrogens is 446 g/mol. The van der Waals surface area contributed by atoms with Crippen molar-refractivity contribution in [3.63, 3.8) is 0 Å². The number of rotatable bonds is 6. The quantitative estimate of drug-likeness (QED) is 0.615. The van der Waals surface area contributed by atoms with Crippen molar-refractivity contribution in [3.8, 4) is 5.75 Å². The second-order valence-corrected chi connectivity index (χ2v) is 8.30. The third-order valence-corrected chi connectivity index (χ3v) is 6.19. The van der Waals surface area contributed by atoms with Crippen LogP contribution in [0.15, 0.2) is 45.3 Å². The van der Waals surface area contributed by atoms with Crippen molar-refractivity contribution in [1.82, 2.24) is 4.90 Å². The van der Waals surface area contributed by atoms with Gasteiger partial charge < -0.3 is 9.84 Å². The molecular formula is C20H23Br2NO2. The van der Waals surface area contributed by atoms with E-state index in [4.69, 9.17) is 4.74 Å². The number of hydrogen-bond acceptors (Lipinski definition) is 3. The fourth-order valence-corrected chi connectivity index (χ4v) is 4.22. The number of benzene rings is 2. The van der Waals surface area contributed by atoms with E-state index in [2.05, 4.69) is 67.9 Å². The van der Waals surface area contributed by atoms with Crippen LogP contribution in [0.3, 0.4) is 0 Å². The maximum absolute atomic E-state index is 9.96. The van der Waals surface area contributed by atoms with Gasteiger partial charge in [-0.3, -0.25) is 4.90 Å². The molecule has 0 aliphatic carbocycles. The van der Waals surface area contributed by atoms with E-state index >= 15 is 0 Å². The molecule has 3 nitrogen and oxygen atoms in total. The Labute approximate surface area is 166 Å². The summed E-state index contributed by atoms with van der Waals surface area (Å²) in [7, 11) is 0. The number of halogens is 2. The van der Waals surface area contributed by atoms with Crippen LogP contribution in [0.4, 0.5) is 0 Å². The molecule has 25 heavy (non-hydrogen) atoms. The van der Waals surface area contributed by atoms with Gasteiger partial charge >= 0.3 is 0 Å². The smallest absolute Gasteiger partial charge is 0.130 e. The largest absolute Gasteiger partial charge is 0.507 e. The van der Waals surface area contributed by atoms with Gasteiger partial charge in [-0.05, 0) is 64.5 Å². The summed E-state index contributed by atoms with van der Waals surface area (Å²) >= 11 is 7.21. The first kappa shape index (κ1) is 18.9. The number of nitrogens with zero attached hydrogens (tertiary/aromatic N) is 1. The summed E-state index contributed by atoms with van der Waals surface area (Å²) in [5.74, 6) is 0.283. The predicted octanol–water partition coefficient (Wildman–Crippen LogP) is 5.41. The van der Waals surface area contributed by atoms with Gasteiger partial charge in [-0.2, -0.15) is 0 Å². The van der Waals surface area contributed by atoms with Crippen LogP contribution in [0.25, 0.3) is 0 Å².